The number of guanidine groups is 1. The molecular formula is C22H35IN4O3. The lowest BCUT2D eigenvalue weighted by Crippen LogP contribution is -2.45. The van der Waals surface area contributed by atoms with E-state index in [1.807, 2.05) is 12.1 Å². The zero-order valence-electron chi connectivity index (χ0n) is 18.2. The molecule has 1 aliphatic rings. The van der Waals surface area contributed by atoms with Crippen LogP contribution < -0.4 is 20.1 Å². The number of hydrogen-bond donors (Lipinski definition) is 4. The van der Waals surface area contributed by atoms with Gasteiger partial charge in [-0.2, -0.15) is 0 Å². The maximum Gasteiger partial charge on any atom is 0.191 e. The van der Waals surface area contributed by atoms with Crippen LogP contribution in [0, 0.1) is 0 Å². The van der Waals surface area contributed by atoms with Gasteiger partial charge < -0.3 is 30.2 Å². The number of fused-ring (bicyclic) bond motifs is 1. The molecule has 0 radical (unpaired) electrons. The number of nitrogens with zero attached hydrogens (tertiary/aromatic N) is 1. The second kappa shape index (κ2) is 12.2. The van der Waals surface area contributed by atoms with Gasteiger partial charge in [-0.3, -0.25) is 4.99 Å². The number of H-pyrrole nitrogens is 1. The van der Waals surface area contributed by atoms with Crippen molar-refractivity contribution in [3.05, 3.63) is 23.9 Å². The van der Waals surface area contributed by atoms with Crippen molar-refractivity contribution in [2.45, 2.75) is 57.6 Å². The first-order valence-corrected chi connectivity index (χ1v) is 10.6. The molecule has 3 rings (SSSR count). The summed E-state index contributed by atoms with van der Waals surface area (Å²) in [4.78, 5) is 8.19. The van der Waals surface area contributed by atoms with E-state index in [2.05, 4.69) is 28.6 Å². The highest BCUT2D eigenvalue weighted by molar-refractivity contribution is 14.0. The molecule has 2 aromatic rings. The van der Waals surface area contributed by atoms with Gasteiger partial charge in [0.2, 0.25) is 0 Å². The van der Waals surface area contributed by atoms with Gasteiger partial charge >= 0.3 is 0 Å². The smallest absolute Gasteiger partial charge is 0.191 e. The maximum atomic E-state index is 9.67. The Morgan fingerprint density at radius 1 is 1.17 bits per heavy atom. The average molecular weight is 530 g/mol. The summed E-state index contributed by atoms with van der Waals surface area (Å²) in [6.45, 7) is 3.67. The minimum absolute atomic E-state index is 0. The van der Waals surface area contributed by atoms with E-state index < -0.39 is 0 Å². The second-order valence-electron chi connectivity index (χ2n) is 7.60. The fourth-order valence-electron chi connectivity index (χ4n) is 3.85. The Bertz CT molecular complexity index is 816. The van der Waals surface area contributed by atoms with Crippen molar-refractivity contribution < 1.29 is 14.6 Å². The Labute approximate surface area is 196 Å². The van der Waals surface area contributed by atoms with Gasteiger partial charge in [0.1, 0.15) is 11.5 Å². The molecule has 0 amide bonds. The number of aliphatic hydroxyl groups is 1. The zero-order valence-corrected chi connectivity index (χ0v) is 20.5. The highest BCUT2D eigenvalue weighted by atomic mass is 127. The zero-order chi connectivity index (χ0) is 20.6. The number of methoxy groups -OCH3 is 2. The molecule has 1 aromatic heterocycles. The fourth-order valence-corrected chi connectivity index (χ4v) is 3.85. The molecule has 7 nitrogen and oxygen atoms in total. The van der Waals surface area contributed by atoms with Crippen molar-refractivity contribution in [2.75, 3.05) is 27.3 Å². The third-order valence-electron chi connectivity index (χ3n) is 5.44. The number of aromatic amines is 1. The standard InChI is InChI=1S/C22H34N4O3.HI/c1-4-23-22(26-15-7-9-17(27)10-8-15)24-11-5-6-16-12-19-20(25-16)13-18(28-2)14-21(19)29-3;/h12-15,17,25,27H,4-11H2,1-3H3,(H2,23,24,26);1H. The normalized spacial score (nSPS) is 19.3. The van der Waals surface area contributed by atoms with Gasteiger partial charge in [0.05, 0.1) is 25.8 Å². The van der Waals surface area contributed by atoms with E-state index in [1.165, 1.54) is 5.69 Å². The molecule has 0 atom stereocenters. The van der Waals surface area contributed by atoms with Crippen molar-refractivity contribution >= 4 is 40.8 Å². The minimum atomic E-state index is -0.137. The predicted molar refractivity (Wildman–Crippen MR) is 133 cm³/mol. The summed E-state index contributed by atoms with van der Waals surface area (Å²) < 4.78 is 10.8. The lowest BCUT2D eigenvalue weighted by molar-refractivity contribution is 0.120. The molecule has 4 N–H and O–H groups in total. The Morgan fingerprint density at radius 3 is 2.60 bits per heavy atom. The third kappa shape index (κ3) is 6.66. The first-order valence-electron chi connectivity index (χ1n) is 10.6. The van der Waals surface area contributed by atoms with Crippen molar-refractivity contribution in [1.82, 2.24) is 15.6 Å². The van der Waals surface area contributed by atoms with Gasteiger partial charge in [0, 0.05) is 42.3 Å². The number of hydrogen-bond acceptors (Lipinski definition) is 4. The van der Waals surface area contributed by atoms with Crippen molar-refractivity contribution in [1.29, 1.82) is 0 Å². The van der Waals surface area contributed by atoms with Crippen molar-refractivity contribution in [3.63, 3.8) is 0 Å². The number of benzene rings is 1. The fraction of sp³-hybridized carbons (Fsp3) is 0.591. The lowest BCUT2D eigenvalue weighted by Gasteiger charge is -2.27. The van der Waals surface area contributed by atoms with Crippen LogP contribution in [0.15, 0.2) is 23.2 Å². The van der Waals surface area contributed by atoms with Crippen LogP contribution in [-0.2, 0) is 6.42 Å². The van der Waals surface area contributed by atoms with E-state index in [4.69, 9.17) is 14.5 Å². The van der Waals surface area contributed by atoms with E-state index >= 15 is 0 Å². The van der Waals surface area contributed by atoms with Crippen molar-refractivity contribution in [3.8, 4) is 11.5 Å². The summed E-state index contributed by atoms with van der Waals surface area (Å²) in [5.41, 5.74) is 2.19. The van der Waals surface area contributed by atoms with Crippen LogP contribution in [0.2, 0.25) is 0 Å². The van der Waals surface area contributed by atoms with Gasteiger partial charge in [-0.05, 0) is 51.5 Å². The van der Waals surface area contributed by atoms with Gasteiger partial charge in [-0.25, -0.2) is 0 Å². The Balaban J connectivity index is 0.00000320. The molecule has 1 aromatic carbocycles. The van der Waals surface area contributed by atoms with Gasteiger partial charge in [0.15, 0.2) is 5.96 Å². The molecule has 1 aliphatic carbocycles. The Kier molecular flexibility index (Phi) is 10.0. The highest BCUT2D eigenvalue weighted by Gasteiger charge is 2.19. The molecule has 0 bridgehead atoms. The number of aryl methyl sites for hydroxylation is 1. The van der Waals surface area contributed by atoms with Crippen LogP contribution in [-0.4, -0.2) is 55.5 Å². The molecular weight excluding hydrogens is 495 g/mol. The molecule has 168 valence electrons. The molecule has 1 fully saturated rings. The quantitative estimate of drug-likeness (QED) is 0.181. The highest BCUT2D eigenvalue weighted by Crippen LogP contribution is 2.31. The van der Waals surface area contributed by atoms with Crippen LogP contribution >= 0.6 is 24.0 Å². The monoisotopic (exact) mass is 530 g/mol. The number of nitrogens with one attached hydrogen (secondary N) is 3. The minimum Gasteiger partial charge on any atom is -0.497 e. The summed E-state index contributed by atoms with van der Waals surface area (Å²) in [6, 6.07) is 6.44. The van der Waals surface area contributed by atoms with Gasteiger partial charge in [0.25, 0.3) is 0 Å². The molecule has 1 heterocycles. The van der Waals surface area contributed by atoms with E-state index in [1.54, 1.807) is 14.2 Å². The van der Waals surface area contributed by atoms with Crippen LogP contribution in [0.4, 0.5) is 0 Å². The third-order valence-corrected chi connectivity index (χ3v) is 5.44. The second-order valence-corrected chi connectivity index (χ2v) is 7.60. The van der Waals surface area contributed by atoms with E-state index in [-0.39, 0.29) is 30.1 Å². The lowest BCUT2D eigenvalue weighted by atomic mass is 9.93. The predicted octanol–water partition coefficient (Wildman–Crippen LogP) is 3.59. The molecule has 30 heavy (non-hydrogen) atoms. The number of aromatic nitrogens is 1. The molecule has 0 spiro atoms. The average Bonchev–Trinajstić information content (AvgIpc) is 3.15. The largest absolute Gasteiger partial charge is 0.497 e. The van der Waals surface area contributed by atoms with Crippen molar-refractivity contribution in [2.24, 2.45) is 4.99 Å². The maximum absolute atomic E-state index is 9.67. The number of aliphatic hydroxyl groups excluding tert-OH is 1. The van der Waals surface area contributed by atoms with E-state index in [0.29, 0.717) is 6.04 Å². The molecule has 8 heteroatoms. The van der Waals surface area contributed by atoms with Crippen LogP contribution in [0.5, 0.6) is 11.5 Å². The van der Waals surface area contributed by atoms with Crippen LogP contribution in [0.1, 0.15) is 44.7 Å². The summed E-state index contributed by atoms with van der Waals surface area (Å²) in [7, 11) is 3.34. The van der Waals surface area contributed by atoms with E-state index in [0.717, 1.165) is 80.0 Å². The van der Waals surface area contributed by atoms with Gasteiger partial charge in [-0.15, -0.1) is 24.0 Å². The number of ether oxygens (including phenoxy) is 2. The number of halogens is 1. The first kappa shape index (κ1) is 24.6. The summed E-state index contributed by atoms with van der Waals surface area (Å²) in [6.07, 6.45) is 5.45. The first-order chi connectivity index (χ1) is 14.1. The Hall–Kier alpha value is -1.68. The van der Waals surface area contributed by atoms with E-state index in [9.17, 15) is 5.11 Å². The summed E-state index contributed by atoms with van der Waals surface area (Å²) in [5.74, 6) is 2.47. The molecule has 1 saturated carbocycles. The molecule has 0 aliphatic heterocycles. The van der Waals surface area contributed by atoms with Crippen LogP contribution in [0.25, 0.3) is 10.9 Å². The summed E-state index contributed by atoms with van der Waals surface area (Å²) >= 11 is 0. The van der Waals surface area contributed by atoms with Gasteiger partial charge in [-0.1, -0.05) is 0 Å². The molecule has 0 unspecified atom stereocenters. The Morgan fingerprint density at radius 2 is 1.93 bits per heavy atom. The topological polar surface area (TPSA) is 90.9 Å². The van der Waals surface area contributed by atoms with Crippen LogP contribution in [0.3, 0.4) is 0 Å². The number of aliphatic imine (C=N–C) groups is 1. The number of rotatable bonds is 8. The summed E-state index contributed by atoms with van der Waals surface area (Å²) in [5, 5.41) is 17.6. The SMILES string of the molecule is CCNC(=NCCCc1cc2c(OC)cc(OC)cc2[nH]1)NC1CCC(O)CC1.I. The molecule has 0 saturated heterocycles.